The van der Waals surface area contributed by atoms with E-state index in [9.17, 15) is 14.4 Å². The molecule has 23 heavy (non-hydrogen) atoms. The van der Waals surface area contributed by atoms with Gasteiger partial charge in [-0.1, -0.05) is 0 Å². The normalized spacial score (nSPS) is 21.7. The second-order valence-electron chi connectivity index (χ2n) is 5.63. The van der Waals surface area contributed by atoms with Crippen molar-refractivity contribution < 1.29 is 19.1 Å². The first-order valence-corrected chi connectivity index (χ1v) is 8.32. The zero-order valence-electron chi connectivity index (χ0n) is 13.1. The number of allylic oxidation sites excluding steroid dienone is 1. The van der Waals surface area contributed by atoms with E-state index >= 15 is 0 Å². The monoisotopic (exact) mass is 337 g/mol. The summed E-state index contributed by atoms with van der Waals surface area (Å²) >= 11 is 0. The van der Waals surface area contributed by atoms with Gasteiger partial charge < -0.3 is 19.4 Å². The van der Waals surface area contributed by atoms with Crippen molar-refractivity contribution in [2.24, 2.45) is 0 Å². The molecule has 0 N–H and O–H groups in total. The Hall–Kier alpha value is -1.88. The van der Waals surface area contributed by atoms with Gasteiger partial charge in [0.15, 0.2) is 0 Å². The van der Waals surface area contributed by atoms with Crippen LogP contribution >= 0.6 is 9.24 Å². The topological polar surface area (TPSA) is 69.5 Å². The minimum atomic E-state index is -0.294. The van der Waals surface area contributed by atoms with E-state index < -0.39 is 0 Å². The summed E-state index contributed by atoms with van der Waals surface area (Å²) in [5.74, 6) is 0.0485. The van der Waals surface area contributed by atoms with Gasteiger partial charge in [0.05, 0.1) is 12.3 Å². The van der Waals surface area contributed by atoms with Crippen molar-refractivity contribution in [2.75, 3.05) is 45.9 Å². The lowest BCUT2D eigenvalue weighted by molar-refractivity contribution is -0.117. The number of ketones is 2. The number of rotatable bonds is 4. The molecule has 1 unspecified atom stereocenters. The molecule has 4 rings (SSSR count). The van der Waals surface area contributed by atoms with Crippen molar-refractivity contribution in [3.05, 3.63) is 23.2 Å². The van der Waals surface area contributed by atoms with Gasteiger partial charge in [0.1, 0.15) is 11.4 Å². The summed E-state index contributed by atoms with van der Waals surface area (Å²) in [6, 6.07) is 0. The van der Waals surface area contributed by atoms with Crippen LogP contribution in [0, 0.1) is 0 Å². The molecule has 8 heteroatoms. The quantitative estimate of drug-likeness (QED) is 0.412. The molecule has 1 atom stereocenters. The first kappa shape index (κ1) is 16.0. The predicted molar refractivity (Wildman–Crippen MR) is 86.6 cm³/mol. The SMILES string of the molecule is CCOC(=O)P.O=C1C=C(N2CC2)C(=O)C(N2CC2)=C1N1CC1. The zero-order valence-corrected chi connectivity index (χ0v) is 14.2. The number of carbonyl (C=O) groups is 3. The first-order valence-electron chi connectivity index (χ1n) is 7.75. The van der Waals surface area contributed by atoms with Crippen molar-refractivity contribution >= 4 is 26.5 Å². The molecule has 0 aromatic heterocycles. The van der Waals surface area contributed by atoms with Gasteiger partial charge in [-0.3, -0.25) is 9.59 Å². The first-order chi connectivity index (χ1) is 11.0. The van der Waals surface area contributed by atoms with Crippen molar-refractivity contribution in [1.29, 1.82) is 0 Å². The summed E-state index contributed by atoms with van der Waals surface area (Å²) < 4.78 is 4.37. The largest absolute Gasteiger partial charge is 0.463 e. The number of ether oxygens (including phenoxy) is 1. The second kappa shape index (κ2) is 6.32. The fourth-order valence-corrected chi connectivity index (χ4v) is 2.58. The van der Waals surface area contributed by atoms with Crippen molar-refractivity contribution in [3.63, 3.8) is 0 Å². The lowest BCUT2D eigenvalue weighted by atomic mass is 10.0. The molecule has 4 aliphatic rings. The van der Waals surface area contributed by atoms with Crippen LogP contribution in [-0.2, 0) is 14.3 Å². The standard InChI is InChI=1S/C12H13N3O2.C3H7O2P/c16-9-7-8(13-1-2-13)12(17)11(15-5-6-15)10(9)14-3-4-14;1-2-5-3(4)6/h7H,1-6H2;2,6H2,1H3. The Balaban J connectivity index is 0.000000227. The molecule has 0 spiro atoms. The Bertz CT molecular complexity index is 616. The van der Waals surface area contributed by atoms with E-state index in [0.29, 0.717) is 23.7 Å². The molecular formula is C15H20N3O4P. The van der Waals surface area contributed by atoms with Crippen molar-refractivity contribution in [2.45, 2.75) is 6.92 Å². The molecule has 0 aromatic rings. The third-order valence-electron chi connectivity index (χ3n) is 3.77. The van der Waals surface area contributed by atoms with Crippen LogP contribution in [0.1, 0.15) is 6.92 Å². The van der Waals surface area contributed by atoms with Crippen LogP contribution in [0.15, 0.2) is 23.2 Å². The van der Waals surface area contributed by atoms with Gasteiger partial charge in [0.25, 0.3) is 0 Å². The van der Waals surface area contributed by atoms with E-state index in [1.165, 1.54) is 6.08 Å². The lowest BCUT2D eigenvalue weighted by Gasteiger charge is -2.21. The predicted octanol–water partition coefficient (Wildman–Crippen LogP) is 0.199. The van der Waals surface area contributed by atoms with E-state index in [1.807, 2.05) is 23.9 Å². The summed E-state index contributed by atoms with van der Waals surface area (Å²) in [6.45, 7) is 7.63. The molecule has 1 aliphatic carbocycles. The minimum Gasteiger partial charge on any atom is -0.463 e. The Kier molecular flexibility index (Phi) is 4.39. The van der Waals surface area contributed by atoms with Crippen molar-refractivity contribution in [1.82, 2.24) is 14.7 Å². The average molecular weight is 337 g/mol. The smallest absolute Gasteiger partial charge is 0.319 e. The van der Waals surface area contributed by atoms with Gasteiger partial charge in [0, 0.05) is 45.3 Å². The summed E-state index contributed by atoms with van der Waals surface area (Å²) in [7, 11) is 1.92. The molecule has 7 nitrogen and oxygen atoms in total. The summed E-state index contributed by atoms with van der Waals surface area (Å²) in [6.07, 6.45) is 1.52. The molecule has 0 aromatic carbocycles. The van der Waals surface area contributed by atoms with Crippen LogP contribution in [-0.4, -0.2) is 77.9 Å². The molecule has 3 heterocycles. The Morgan fingerprint density at radius 2 is 1.57 bits per heavy atom. The van der Waals surface area contributed by atoms with Gasteiger partial charge in [0.2, 0.25) is 11.6 Å². The number of carbonyl (C=O) groups excluding carboxylic acids is 3. The number of hydrogen-bond acceptors (Lipinski definition) is 7. The van der Waals surface area contributed by atoms with Crippen LogP contribution in [0.5, 0.6) is 0 Å². The summed E-state index contributed by atoms with van der Waals surface area (Å²) in [5.41, 5.74) is 1.59. The highest BCUT2D eigenvalue weighted by Gasteiger charge is 2.43. The molecule has 3 fully saturated rings. The van der Waals surface area contributed by atoms with Crippen LogP contribution in [0.25, 0.3) is 0 Å². The molecule has 0 amide bonds. The molecule has 0 saturated carbocycles. The van der Waals surface area contributed by atoms with Crippen LogP contribution in [0.3, 0.4) is 0 Å². The maximum Gasteiger partial charge on any atom is 0.319 e. The third kappa shape index (κ3) is 3.72. The molecule has 0 bridgehead atoms. The highest BCUT2D eigenvalue weighted by atomic mass is 31.0. The summed E-state index contributed by atoms with van der Waals surface area (Å²) in [5, 5.41) is 0. The van der Waals surface area contributed by atoms with Gasteiger partial charge >= 0.3 is 5.71 Å². The Morgan fingerprint density at radius 1 is 1.04 bits per heavy atom. The fourth-order valence-electron chi connectivity index (χ4n) is 2.42. The maximum absolute atomic E-state index is 12.4. The van der Waals surface area contributed by atoms with E-state index in [0.717, 1.165) is 39.3 Å². The van der Waals surface area contributed by atoms with E-state index in [1.54, 1.807) is 6.92 Å². The molecule has 0 radical (unpaired) electrons. The highest BCUT2D eigenvalue weighted by Crippen LogP contribution is 2.33. The third-order valence-corrected chi connectivity index (χ3v) is 3.94. The van der Waals surface area contributed by atoms with Crippen molar-refractivity contribution in [3.8, 4) is 0 Å². The molecule has 124 valence electrons. The number of hydrogen-bond donors (Lipinski definition) is 0. The highest BCUT2D eigenvalue weighted by molar-refractivity contribution is 7.39. The van der Waals surface area contributed by atoms with E-state index in [2.05, 4.69) is 4.74 Å². The van der Waals surface area contributed by atoms with Gasteiger partial charge in [-0.15, -0.1) is 0 Å². The van der Waals surface area contributed by atoms with Crippen LogP contribution in [0.4, 0.5) is 4.79 Å². The second-order valence-corrected chi connectivity index (χ2v) is 6.10. The van der Waals surface area contributed by atoms with Gasteiger partial charge in [-0.25, -0.2) is 4.79 Å². The lowest BCUT2D eigenvalue weighted by Crippen LogP contribution is -2.29. The van der Waals surface area contributed by atoms with Crippen LogP contribution in [0.2, 0.25) is 0 Å². The Morgan fingerprint density at radius 3 is 1.96 bits per heavy atom. The number of Topliss-reactive ketones (excluding diaryl/α,β-unsaturated/α-hetero) is 1. The molecule has 3 aliphatic heterocycles. The molecular weight excluding hydrogens is 317 g/mol. The fraction of sp³-hybridized carbons (Fsp3) is 0.533. The summed E-state index contributed by atoms with van der Waals surface area (Å²) in [4.78, 5) is 40.3. The number of nitrogens with zero attached hydrogens (tertiary/aromatic N) is 3. The zero-order chi connectivity index (χ0) is 16.6. The average Bonchev–Trinajstić information content (AvgIpc) is 3.37. The minimum absolute atomic E-state index is 0.00546. The molecule has 3 saturated heterocycles. The Labute approximate surface area is 137 Å². The maximum atomic E-state index is 12.4. The van der Waals surface area contributed by atoms with Crippen LogP contribution < -0.4 is 0 Å². The van der Waals surface area contributed by atoms with E-state index in [4.69, 9.17) is 0 Å². The van der Waals surface area contributed by atoms with Gasteiger partial charge in [-0.2, -0.15) is 0 Å². The van der Waals surface area contributed by atoms with E-state index in [-0.39, 0.29) is 17.3 Å². The van der Waals surface area contributed by atoms with Gasteiger partial charge in [-0.05, 0) is 16.2 Å².